The molecule has 10 heteroatoms. The maximum Gasteiger partial charge on any atom is 0.363 e. The summed E-state index contributed by atoms with van der Waals surface area (Å²) < 4.78 is 16.8. The van der Waals surface area contributed by atoms with Gasteiger partial charge in [0.2, 0.25) is 5.90 Å². The maximum absolute atomic E-state index is 12.5. The molecule has 0 aliphatic carbocycles. The van der Waals surface area contributed by atoms with Crippen LogP contribution in [-0.4, -0.2) is 29.9 Å². The SMILES string of the molecule is COc1cc(/C=C2\N=C(c3ccc(C)c([N+](=O)[O-])c3)OC2=O)cc(I)c1OC(=O)c1ccccc1. The Morgan fingerprint density at radius 3 is 2.57 bits per heavy atom. The average Bonchev–Trinajstić information content (AvgIpc) is 3.21. The summed E-state index contributed by atoms with van der Waals surface area (Å²) in [7, 11) is 1.44. The molecule has 1 heterocycles. The topological polar surface area (TPSA) is 117 Å². The van der Waals surface area contributed by atoms with Crippen molar-refractivity contribution in [1.82, 2.24) is 0 Å². The Balaban J connectivity index is 1.64. The summed E-state index contributed by atoms with van der Waals surface area (Å²) in [5.41, 5.74) is 1.65. The number of hydrogen-bond donors (Lipinski definition) is 0. The van der Waals surface area contributed by atoms with Crippen LogP contribution in [0.25, 0.3) is 6.08 Å². The first kappa shape index (κ1) is 24.1. The zero-order valence-electron chi connectivity index (χ0n) is 18.5. The van der Waals surface area contributed by atoms with Gasteiger partial charge in [0.25, 0.3) is 5.69 Å². The van der Waals surface area contributed by atoms with Gasteiger partial charge in [-0.15, -0.1) is 0 Å². The molecule has 0 saturated carbocycles. The van der Waals surface area contributed by atoms with Crippen molar-refractivity contribution >= 4 is 52.2 Å². The molecule has 0 fully saturated rings. The fourth-order valence-electron chi connectivity index (χ4n) is 3.28. The fourth-order valence-corrected chi connectivity index (χ4v) is 4.01. The van der Waals surface area contributed by atoms with E-state index in [1.165, 1.54) is 19.3 Å². The molecule has 35 heavy (non-hydrogen) atoms. The van der Waals surface area contributed by atoms with Crippen molar-refractivity contribution in [2.24, 2.45) is 4.99 Å². The highest BCUT2D eigenvalue weighted by atomic mass is 127. The molecule has 0 aromatic heterocycles. The number of aliphatic imine (C=N–C) groups is 1. The second kappa shape index (κ2) is 10.1. The van der Waals surface area contributed by atoms with Crippen LogP contribution in [0.3, 0.4) is 0 Å². The summed E-state index contributed by atoms with van der Waals surface area (Å²) in [6.07, 6.45) is 1.49. The summed E-state index contributed by atoms with van der Waals surface area (Å²) in [4.78, 5) is 39.8. The van der Waals surface area contributed by atoms with E-state index >= 15 is 0 Å². The molecule has 3 aromatic rings. The molecule has 1 aliphatic rings. The molecule has 0 saturated heterocycles. The summed E-state index contributed by atoms with van der Waals surface area (Å²) >= 11 is 2.00. The minimum absolute atomic E-state index is 0.00936. The first-order chi connectivity index (χ1) is 16.8. The number of benzene rings is 3. The Morgan fingerprint density at radius 1 is 1.14 bits per heavy atom. The summed E-state index contributed by atoms with van der Waals surface area (Å²) in [5, 5.41) is 11.2. The van der Waals surface area contributed by atoms with Gasteiger partial charge in [0.1, 0.15) is 0 Å². The average molecular weight is 584 g/mol. The van der Waals surface area contributed by atoms with Crippen molar-refractivity contribution in [3.8, 4) is 11.5 Å². The normalized spacial score (nSPS) is 13.9. The van der Waals surface area contributed by atoms with E-state index in [1.807, 2.05) is 22.6 Å². The molecule has 0 unspecified atom stereocenters. The smallest absolute Gasteiger partial charge is 0.363 e. The Morgan fingerprint density at radius 2 is 1.89 bits per heavy atom. The van der Waals surface area contributed by atoms with Gasteiger partial charge in [0, 0.05) is 17.2 Å². The van der Waals surface area contributed by atoms with Crippen molar-refractivity contribution in [2.75, 3.05) is 7.11 Å². The summed E-state index contributed by atoms with van der Waals surface area (Å²) in [5.74, 6) is -0.725. The van der Waals surface area contributed by atoms with Crippen LogP contribution >= 0.6 is 22.6 Å². The zero-order chi connectivity index (χ0) is 25.1. The molecule has 0 spiro atoms. The van der Waals surface area contributed by atoms with E-state index in [1.54, 1.807) is 61.5 Å². The molecule has 1 aliphatic heterocycles. The number of nitro benzene ring substituents is 1. The number of halogens is 1. The van der Waals surface area contributed by atoms with E-state index in [-0.39, 0.29) is 28.8 Å². The molecular formula is C25H17IN2O7. The van der Waals surface area contributed by atoms with Gasteiger partial charge < -0.3 is 14.2 Å². The lowest BCUT2D eigenvalue weighted by Gasteiger charge is -2.12. The summed E-state index contributed by atoms with van der Waals surface area (Å²) in [6, 6.07) is 16.3. The van der Waals surface area contributed by atoms with Gasteiger partial charge in [-0.1, -0.05) is 24.3 Å². The van der Waals surface area contributed by atoms with Gasteiger partial charge >= 0.3 is 11.9 Å². The lowest BCUT2D eigenvalue weighted by molar-refractivity contribution is -0.385. The third-order valence-electron chi connectivity index (χ3n) is 5.03. The quantitative estimate of drug-likeness (QED) is 0.0991. The van der Waals surface area contributed by atoms with Gasteiger partial charge in [-0.2, -0.15) is 0 Å². The number of carbonyl (C=O) groups excluding carboxylic acids is 2. The summed E-state index contributed by atoms with van der Waals surface area (Å²) in [6.45, 7) is 1.62. The number of nitrogens with zero attached hydrogens (tertiary/aromatic N) is 2. The third kappa shape index (κ3) is 5.22. The van der Waals surface area contributed by atoms with E-state index < -0.39 is 16.9 Å². The van der Waals surface area contributed by atoms with Crippen LogP contribution in [0.5, 0.6) is 11.5 Å². The second-order valence-corrected chi connectivity index (χ2v) is 8.55. The zero-order valence-corrected chi connectivity index (χ0v) is 20.6. The number of esters is 2. The molecule has 0 atom stereocenters. The minimum atomic E-state index is -0.697. The lowest BCUT2D eigenvalue weighted by Crippen LogP contribution is -2.10. The van der Waals surface area contributed by atoms with Gasteiger partial charge in [0.05, 0.1) is 21.2 Å². The highest BCUT2D eigenvalue weighted by Gasteiger charge is 2.26. The molecule has 0 amide bonds. The van der Waals surface area contributed by atoms with Crippen molar-refractivity contribution in [3.05, 3.63) is 102 Å². The van der Waals surface area contributed by atoms with Crippen LogP contribution in [0, 0.1) is 20.6 Å². The van der Waals surface area contributed by atoms with Crippen LogP contribution in [0.2, 0.25) is 0 Å². The molecule has 176 valence electrons. The van der Waals surface area contributed by atoms with Crippen LogP contribution < -0.4 is 9.47 Å². The standard InChI is InChI=1S/C25H17IN2O7/c1-14-8-9-17(13-20(14)28(31)32)23-27-19(25(30)35-23)11-15-10-18(26)22(21(12-15)33-2)34-24(29)16-6-4-3-5-7-16/h3-13H,1-2H3/b19-11-. The van der Waals surface area contributed by atoms with Crippen LogP contribution in [0.4, 0.5) is 5.69 Å². The largest absolute Gasteiger partial charge is 0.493 e. The number of cyclic esters (lactones) is 1. The highest BCUT2D eigenvalue weighted by Crippen LogP contribution is 2.35. The number of carbonyl (C=O) groups is 2. The first-order valence-corrected chi connectivity index (χ1v) is 11.3. The van der Waals surface area contributed by atoms with E-state index in [2.05, 4.69) is 4.99 Å². The van der Waals surface area contributed by atoms with Crippen LogP contribution in [-0.2, 0) is 9.53 Å². The molecule has 9 nitrogen and oxygen atoms in total. The number of nitro groups is 1. The van der Waals surface area contributed by atoms with E-state index in [0.29, 0.717) is 25.8 Å². The second-order valence-electron chi connectivity index (χ2n) is 7.38. The Hall–Kier alpha value is -4.06. The van der Waals surface area contributed by atoms with Crippen molar-refractivity contribution in [1.29, 1.82) is 0 Å². The van der Waals surface area contributed by atoms with Gasteiger partial charge in [0.15, 0.2) is 17.2 Å². The van der Waals surface area contributed by atoms with Crippen LogP contribution in [0.1, 0.15) is 27.0 Å². The molecule has 0 bridgehead atoms. The number of aryl methyl sites for hydroxylation is 1. The van der Waals surface area contributed by atoms with E-state index in [4.69, 9.17) is 14.2 Å². The van der Waals surface area contributed by atoms with Crippen molar-refractivity contribution < 1.29 is 28.7 Å². The number of rotatable bonds is 6. The molecule has 3 aromatic carbocycles. The maximum atomic E-state index is 12.5. The molecule has 0 N–H and O–H groups in total. The minimum Gasteiger partial charge on any atom is -0.493 e. The predicted octanol–water partition coefficient (Wildman–Crippen LogP) is 5.08. The van der Waals surface area contributed by atoms with Crippen LogP contribution in [0.15, 0.2) is 71.4 Å². The van der Waals surface area contributed by atoms with Gasteiger partial charge in [-0.25, -0.2) is 14.6 Å². The van der Waals surface area contributed by atoms with E-state index in [9.17, 15) is 19.7 Å². The number of ether oxygens (including phenoxy) is 3. The number of hydrogen-bond acceptors (Lipinski definition) is 8. The van der Waals surface area contributed by atoms with Crippen molar-refractivity contribution in [3.63, 3.8) is 0 Å². The third-order valence-corrected chi connectivity index (χ3v) is 5.83. The predicted molar refractivity (Wildman–Crippen MR) is 136 cm³/mol. The Kier molecular flexibility index (Phi) is 6.92. The number of methoxy groups -OCH3 is 1. The van der Waals surface area contributed by atoms with Gasteiger partial charge in [-0.05, 0) is 71.5 Å². The Bertz CT molecular complexity index is 1410. The van der Waals surface area contributed by atoms with E-state index in [0.717, 1.165) is 0 Å². The molecule has 0 radical (unpaired) electrons. The monoisotopic (exact) mass is 584 g/mol. The Labute approximate surface area is 213 Å². The highest BCUT2D eigenvalue weighted by molar-refractivity contribution is 14.1. The molecular weight excluding hydrogens is 567 g/mol. The lowest BCUT2D eigenvalue weighted by atomic mass is 10.1. The fraction of sp³-hybridized carbons (Fsp3) is 0.0800. The van der Waals surface area contributed by atoms with Gasteiger partial charge in [-0.3, -0.25) is 10.1 Å². The first-order valence-electron chi connectivity index (χ1n) is 10.2. The molecule has 4 rings (SSSR count). The van der Waals surface area contributed by atoms with Crippen molar-refractivity contribution in [2.45, 2.75) is 6.92 Å².